The molecular formula is C33H31N7O6. The Morgan fingerprint density at radius 1 is 0.978 bits per heavy atom. The van der Waals surface area contributed by atoms with Crippen molar-refractivity contribution in [2.45, 2.75) is 50.7 Å². The Hall–Kier alpha value is -5.59. The number of hydrogen-bond acceptors (Lipinski definition) is 9. The molecule has 0 saturated carbocycles. The van der Waals surface area contributed by atoms with Gasteiger partial charge in [-0.05, 0) is 43.5 Å². The summed E-state index contributed by atoms with van der Waals surface area (Å²) in [5.74, 6) is -1.66. The van der Waals surface area contributed by atoms with E-state index in [1.54, 1.807) is 24.4 Å². The van der Waals surface area contributed by atoms with Crippen molar-refractivity contribution in [2.24, 2.45) is 0 Å². The van der Waals surface area contributed by atoms with Crippen molar-refractivity contribution in [2.75, 3.05) is 18.4 Å². The van der Waals surface area contributed by atoms with Gasteiger partial charge in [0.15, 0.2) is 0 Å². The Balaban J connectivity index is 0.937. The van der Waals surface area contributed by atoms with Crippen molar-refractivity contribution in [3.63, 3.8) is 0 Å². The molecule has 1 unspecified atom stereocenters. The smallest absolute Gasteiger partial charge is 0.264 e. The highest BCUT2D eigenvalue weighted by atomic mass is 16.3. The van der Waals surface area contributed by atoms with E-state index in [0.717, 1.165) is 28.9 Å². The van der Waals surface area contributed by atoms with Gasteiger partial charge in [0.25, 0.3) is 11.8 Å². The number of carbonyl (C=O) groups excluding carboxylic acids is 5. The first kappa shape index (κ1) is 29.1. The summed E-state index contributed by atoms with van der Waals surface area (Å²) in [4.78, 5) is 70.7. The van der Waals surface area contributed by atoms with Crippen LogP contribution in [-0.2, 0) is 27.3 Å². The maximum atomic E-state index is 13.4. The molecule has 0 aliphatic carbocycles. The molecule has 0 spiro atoms. The van der Waals surface area contributed by atoms with Gasteiger partial charge in [0.2, 0.25) is 23.6 Å². The molecule has 234 valence electrons. The lowest BCUT2D eigenvalue weighted by molar-refractivity contribution is -0.136. The van der Waals surface area contributed by atoms with E-state index in [0.29, 0.717) is 36.9 Å². The Morgan fingerprint density at radius 2 is 1.78 bits per heavy atom. The minimum absolute atomic E-state index is 0.0105. The standard InChI is InChI=1S/C33H31N7O6/c41-27-10-9-26(30(43)37-27)40-32(44)24-7-4-8-25(29(24)33(40)45)34-16-20-17-35-39(18-20)23-11-13-38(14-12-23)28(42)15-22-19-46-31(36-22)21-5-2-1-3-6-21/h1-8,17-19,23,26,34H,9-16H2,(H,37,41,43). The fourth-order valence-electron chi connectivity index (χ4n) is 6.28. The van der Waals surface area contributed by atoms with Gasteiger partial charge in [0.05, 0.1) is 35.5 Å². The second-order valence-electron chi connectivity index (χ2n) is 11.7. The van der Waals surface area contributed by atoms with E-state index in [1.807, 2.05) is 46.1 Å². The van der Waals surface area contributed by atoms with E-state index in [4.69, 9.17) is 4.42 Å². The van der Waals surface area contributed by atoms with Gasteiger partial charge < -0.3 is 14.6 Å². The second kappa shape index (κ2) is 12.1. The highest BCUT2D eigenvalue weighted by molar-refractivity contribution is 6.25. The number of aromatic nitrogens is 3. The van der Waals surface area contributed by atoms with Crippen LogP contribution in [0.25, 0.3) is 11.5 Å². The zero-order valence-electron chi connectivity index (χ0n) is 24.8. The molecule has 46 heavy (non-hydrogen) atoms. The van der Waals surface area contributed by atoms with Crippen LogP contribution in [0.4, 0.5) is 5.69 Å². The lowest BCUT2D eigenvalue weighted by Crippen LogP contribution is -2.54. The number of benzene rings is 2. The lowest BCUT2D eigenvalue weighted by Gasteiger charge is -2.32. The highest BCUT2D eigenvalue weighted by Crippen LogP contribution is 2.33. The van der Waals surface area contributed by atoms with E-state index >= 15 is 0 Å². The number of imide groups is 2. The monoisotopic (exact) mass is 621 g/mol. The Labute approximate surface area is 263 Å². The first-order valence-electron chi connectivity index (χ1n) is 15.2. The maximum Gasteiger partial charge on any atom is 0.264 e. The van der Waals surface area contributed by atoms with Crippen LogP contribution >= 0.6 is 0 Å². The summed E-state index contributed by atoms with van der Waals surface area (Å²) in [7, 11) is 0. The molecule has 2 aromatic heterocycles. The summed E-state index contributed by atoms with van der Waals surface area (Å²) in [5.41, 5.74) is 3.27. The average Bonchev–Trinajstić information content (AvgIpc) is 3.80. The van der Waals surface area contributed by atoms with Gasteiger partial charge >= 0.3 is 0 Å². The predicted octanol–water partition coefficient (Wildman–Crippen LogP) is 2.96. The number of fused-ring (bicyclic) bond motifs is 1. The van der Waals surface area contributed by atoms with E-state index < -0.39 is 29.7 Å². The Kier molecular flexibility index (Phi) is 7.64. The molecule has 13 heteroatoms. The number of carbonyl (C=O) groups is 5. The van der Waals surface area contributed by atoms with Crippen LogP contribution in [0.5, 0.6) is 0 Å². The number of likely N-dealkylation sites (tertiary alicyclic amines) is 1. The third-order valence-electron chi connectivity index (χ3n) is 8.70. The zero-order chi connectivity index (χ0) is 31.8. The van der Waals surface area contributed by atoms with E-state index in [-0.39, 0.29) is 42.3 Å². The van der Waals surface area contributed by atoms with Crippen LogP contribution in [0.15, 0.2) is 71.6 Å². The molecule has 3 aliphatic heterocycles. The van der Waals surface area contributed by atoms with E-state index in [2.05, 4.69) is 20.7 Å². The molecule has 4 aromatic rings. The fourth-order valence-corrected chi connectivity index (χ4v) is 6.28. The van der Waals surface area contributed by atoms with Crippen LogP contribution in [-0.4, -0.2) is 73.2 Å². The van der Waals surface area contributed by atoms with Crippen molar-refractivity contribution in [1.29, 1.82) is 0 Å². The zero-order valence-corrected chi connectivity index (χ0v) is 24.8. The second-order valence-corrected chi connectivity index (χ2v) is 11.7. The first-order valence-corrected chi connectivity index (χ1v) is 15.2. The quantitative estimate of drug-likeness (QED) is 0.282. The SMILES string of the molecule is O=C1CCC(N2C(=O)c3cccc(NCc4cnn(C5CCN(C(=O)Cc6coc(-c7ccccc7)n6)CC5)c4)c3C2=O)C(=O)N1. The van der Waals surface area contributed by atoms with Crippen molar-refractivity contribution in [1.82, 2.24) is 29.9 Å². The van der Waals surface area contributed by atoms with Crippen LogP contribution < -0.4 is 10.6 Å². The topological polar surface area (TPSA) is 160 Å². The number of piperidine rings is 2. The Morgan fingerprint density at radius 3 is 2.57 bits per heavy atom. The number of rotatable bonds is 8. The summed E-state index contributed by atoms with van der Waals surface area (Å²) in [5, 5.41) is 10.0. The van der Waals surface area contributed by atoms with Crippen molar-refractivity contribution < 1.29 is 28.4 Å². The van der Waals surface area contributed by atoms with Gasteiger partial charge in [-0.15, -0.1) is 0 Å². The fraction of sp³-hybridized carbons (Fsp3) is 0.303. The molecular weight excluding hydrogens is 590 g/mol. The molecule has 2 saturated heterocycles. The van der Waals surface area contributed by atoms with Gasteiger partial charge in [-0.3, -0.25) is 38.9 Å². The molecule has 13 nitrogen and oxygen atoms in total. The van der Waals surface area contributed by atoms with E-state index in [9.17, 15) is 24.0 Å². The third kappa shape index (κ3) is 5.55. The Bertz CT molecular complexity index is 1840. The molecule has 7 rings (SSSR count). The largest absolute Gasteiger partial charge is 0.444 e. The third-order valence-corrected chi connectivity index (χ3v) is 8.70. The van der Waals surface area contributed by atoms with Crippen LogP contribution in [0.2, 0.25) is 0 Å². The number of oxazole rings is 1. The number of nitrogens with zero attached hydrogens (tertiary/aromatic N) is 5. The van der Waals surface area contributed by atoms with Gasteiger partial charge in [-0.2, -0.15) is 5.10 Å². The normalized spacial score (nSPS) is 18.6. The molecule has 3 aliphatic rings. The molecule has 5 heterocycles. The molecule has 2 fully saturated rings. The molecule has 1 atom stereocenters. The maximum absolute atomic E-state index is 13.4. The van der Waals surface area contributed by atoms with Crippen molar-refractivity contribution in [3.05, 3.63) is 89.6 Å². The molecule has 2 N–H and O–H groups in total. The summed E-state index contributed by atoms with van der Waals surface area (Å²) in [6.45, 7) is 1.57. The summed E-state index contributed by atoms with van der Waals surface area (Å²) in [6.07, 6.45) is 7.10. The van der Waals surface area contributed by atoms with Crippen LogP contribution in [0, 0.1) is 0 Å². The van der Waals surface area contributed by atoms with E-state index in [1.165, 1.54) is 6.26 Å². The summed E-state index contributed by atoms with van der Waals surface area (Å²) >= 11 is 0. The summed E-state index contributed by atoms with van der Waals surface area (Å²) in [6, 6.07) is 13.6. The number of anilines is 1. The van der Waals surface area contributed by atoms with Gasteiger partial charge in [0.1, 0.15) is 12.3 Å². The predicted molar refractivity (Wildman–Crippen MR) is 163 cm³/mol. The molecule has 2 aromatic carbocycles. The van der Waals surface area contributed by atoms with Gasteiger partial charge in [-0.25, -0.2) is 4.98 Å². The number of hydrogen-bond donors (Lipinski definition) is 2. The molecule has 0 radical (unpaired) electrons. The average molecular weight is 622 g/mol. The van der Waals surface area contributed by atoms with Crippen LogP contribution in [0.1, 0.15) is 63.7 Å². The molecule has 0 bridgehead atoms. The summed E-state index contributed by atoms with van der Waals surface area (Å²) < 4.78 is 7.49. The number of amides is 5. The first-order chi connectivity index (χ1) is 22.4. The molecule has 5 amide bonds. The lowest BCUT2D eigenvalue weighted by atomic mass is 10.0. The minimum Gasteiger partial charge on any atom is -0.444 e. The minimum atomic E-state index is -1.02. The number of nitrogens with one attached hydrogen (secondary N) is 2. The van der Waals surface area contributed by atoms with Gasteiger partial charge in [0, 0.05) is 49.1 Å². The van der Waals surface area contributed by atoms with Crippen molar-refractivity contribution in [3.8, 4) is 11.5 Å². The highest BCUT2D eigenvalue weighted by Gasteiger charge is 2.45. The van der Waals surface area contributed by atoms with Gasteiger partial charge in [-0.1, -0.05) is 24.3 Å². The van der Waals surface area contributed by atoms with Crippen LogP contribution in [0.3, 0.4) is 0 Å². The van der Waals surface area contributed by atoms with Crippen molar-refractivity contribution >= 4 is 35.2 Å².